The highest BCUT2D eigenvalue weighted by Gasteiger charge is 2.18. The molecule has 86 valence electrons. The van der Waals surface area contributed by atoms with E-state index >= 15 is 0 Å². The van der Waals surface area contributed by atoms with Crippen LogP contribution in [-0.4, -0.2) is 11.7 Å². The summed E-state index contributed by atoms with van der Waals surface area (Å²) in [5.41, 5.74) is 3.72. The Bertz CT molecular complexity index is 392. The van der Waals surface area contributed by atoms with E-state index in [-0.39, 0.29) is 6.61 Å². The Balaban J connectivity index is 2.35. The summed E-state index contributed by atoms with van der Waals surface area (Å²) in [4.78, 5) is 0. The first-order valence-electron chi connectivity index (χ1n) is 5.78. The molecule has 0 saturated heterocycles. The standard InChI is InChI=1S/C14H17ClO/c1-10-2-3-12(9-16)14(8-10)11-4-6-13(15)7-5-11/h4-7,10,16H,2-3,8-9H2,1H3/t10-/m1/s1. The normalized spacial score (nSPS) is 21.3. The molecule has 2 rings (SSSR count). The molecule has 0 radical (unpaired) electrons. The predicted molar refractivity (Wildman–Crippen MR) is 68.5 cm³/mol. The number of rotatable bonds is 2. The average molecular weight is 237 g/mol. The summed E-state index contributed by atoms with van der Waals surface area (Å²) in [6.45, 7) is 2.45. The maximum absolute atomic E-state index is 9.38. The second kappa shape index (κ2) is 5.03. The second-order valence-electron chi connectivity index (χ2n) is 4.60. The maximum Gasteiger partial charge on any atom is 0.0647 e. The predicted octanol–water partition coefficient (Wildman–Crippen LogP) is 3.91. The lowest BCUT2D eigenvalue weighted by Gasteiger charge is -2.24. The molecule has 1 aromatic carbocycles. The topological polar surface area (TPSA) is 20.2 Å². The van der Waals surface area contributed by atoms with Gasteiger partial charge in [0.15, 0.2) is 0 Å². The Morgan fingerprint density at radius 3 is 2.62 bits per heavy atom. The van der Waals surface area contributed by atoms with Gasteiger partial charge < -0.3 is 5.11 Å². The molecule has 1 aliphatic carbocycles. The van der Waals surface area contributed by atoms with Crippen LogP contribution in [0.4, 0.5) is 0 Å². The number of aliphatic hydroxyl groups is 1. The van der Waals surface area contributed by atoms with Crippen LogP contribution in [-0.2, 0) is 0 Å². The number of hydrogen-bond donors (Lipinski definition) is 1. The molecule has 1 atom stereocenters. The van der Waals surface area contributed by atoms with E-state index in [2.05, 4.69) is 6.92 Å². The van der Waals surface area contributed by atoms with Crippen LogP contribution in [0, 0.1) is 5.92 Å². The summed E-state index contributed by atoms with van der Waals surface area (Å²) >= 11 is 5.88. The Morgan fingerprint density at radius 2 is 2.00 bits per heavy atom. The molecule has 0 fully saturated rings. The molecule has 0 spiro atoms. The SMILES string of the molecule is C[C@@H]1CCC(CO)=C(c2ccc(Cl)cc2)C1. The van der Waals surface area contributed by atoms with Crippen molar-refractivity contribution in [3.05, 3.63) is 40.4 Å². The fraction of sp³-hybridized carbons (Fsp3) is 0.429. The quantitative estimate of drug-likeness (QED) is 0.826. The van der Waals surface area contributed by atoms with E-state index in [9.17, 15) is 5.11 Å². The van der Waals surface area contributed by atoms with Crippen LogP contribution >= 0.6 is 11.6 Å². The minimum absolute atomic E-state index is 0.185. The van der Waals surface area contributed by atoms with E-state index in [1.165, 1.54) is 23.1 Å². The highest BCUT2D eigenvalue weighted by atomic mass is 35.5. The van der Waals surface area contributed by atoms with Crippen LogP contribution in [0.2, 0.25) is 5.02 Å². The monoisotopic (exact) mass is 236 g/mol. The summed E-state index contributed by atoms with van der Waals surface area (Å²) in [7, 11) is 0. The molecule has 0 bridgehead atoms. The fourth-order valence-electron chi connectivity index (χ4n) is 2.31. The third-order valence-electron chi connectivity index (χ3n) is 3.30. The van der Waals surface area contributed by atoms with E-state index < -0.39 is 0 Å². The highest BCUT2D eigenvalue weighted by molar-refractivity contribution is 6.30. The molecule has 0 unspecified atom stereocenters. The molecule has 0 amide bonds. The smallest absolute Gasteiger partial charge is 0.0647 e. The molecule has 0 heterocycles. The van der Waals surface area contributed by atoms with Gasteiger partial charge in [0, 0.05) is 5.02 Å². The van der Waals surface area contributed by atoms with Crippen molar-refractivity contribution in [1.82, 2.24) is 0 Å². The van der Waals surface area contributed by atoms with E-state index in [1.807, 2.05) is 24.3 Å². The first-order chi connectivity index (χ1) is 7.70. The van der Waals surface area contributed by atoms with Crippen LogP contribution < -0.4 is 0 Å². The van der Waals surface area contributed by atoms with Crippen LogP contribution in [0.3, 0.4) is 0 Å². The van der Waals surface area contributed by atoms with E-state index in [0.29, 0.717) is 5.92 Å². The van der Waals surface area contributed by atoms with Crippen molar-refractivity contribution in [1.29, 1.82) is 0 Å². The van der Waals surface area contributed by atoms with Crippen molar-refractivity contribution in [3.8, 4) is 0 Å². The summed E-state index contributed by atoms with van der Waals surface area (Å²) < 4.78 is 0. The Morgan fingerprint density at radius 1 is 1.31 bits per heavy atom. The number of aliphatic hydroxyl groups excluding tert-OH is 1. The Kier molecular flexibility index (Phi) is 3.67. The fourth-order valence-corrected chi connectivity index (χ4v) is 2.44. The van der Waals surface area contributed by atoms with Crippen LogP contribution in [0.5, 0.6) is 0 Å². The minimum atomic E-state index is 0.185. The summed E-state index contributed by atoms with van der Waals surface area (Å²) in [6, 6.07) is 7.92. The number of allylic oxidation sites excluding steroid dienone is 1. The molecule has 2 heteroatoms. The lowest BCUT2D eigenvalue weighted by atomic mass is 9.82. The number of halogens is 1. The van der Waals surface area contributed by atoms with Gasteiger partial charge in [0.25, 0.3) is 0 Å². The molecule has 0 aliphatic heterocycles. The van der Waals surface area contributed by atoms with Crippen LogP contribution in [0.25, 0.3) is 5.57 Å². The second-order valence-corrected chi connectivity index (χ2v) is 5.03. The molecule has 1 nitrogen and oxygen atoms in total. The van der Waals surface area contributed by atoms with E-state index in [1.54, 1.807) is 0 Å². The largest absolute Gasteiger partial charge is 0.392 e. The van der Waals surface area contributed by atoms with Crippen molar-refractivity contribution < 1.29 is 5.11 Å². The zero-order valence-electron chi connectivity index (χ0n) is 9.54. The molecular formula is C14H17ClO. The molecular weight excluding hydrogens is 220 g/mol. The third-order valence-corrected chi connectivity index (χ3v) is 3.55. The lowest BCUT2D eigenvalue weighted by molar-refractivity contribution is 0.320. The number of benzene rings is 1. The molecule has 1 aromatic rings. The van der Waals surface area contributed by atoms with Gasteiger partial charge in [-0.3, -0.25) is 0 Å². The highest BCUT2D eigenvalue weighted by Crippen LogP contribution is 2.35. The van der Waals surface area contributed by atoms with Gasteiger partial charge in [-0.25, -0.2) is 0 Å². The summed E-state index contributed by atoms with van der Waals surface area (Å²) in [5.74, 6) is 0.709. The van der Waals surface area contributed by atoms with Crippen molar-refractivity contribution in [2.45, 2.75) is 26.2 Å². The van der Waals surface area contributed by atoms with Gasteiger partial charge in [0.2, 0.25) is 0 Å². The van der Waals surface area contributed by atoms with Crippen molar-refractivity contribution >= 4 is 17.2 Å². The Labute approximate surface area is 102 Å². The Hall–Kier alpha value is -0.790. The van der Waals surface area contributed by atoms with Crippen molar-refractivity contribution in [3.63, 3.8) is 0 Å². The van der Waals surface area contributed by atoms with Gasteiger partial charge in [0.1, 0.15) is 0 Å². The van der Waals surface area contributed by atoms with E-state index in [0.717, 1.165) is 17.9 Å². The number of hydrogen-bond acceptors (Lipinski definition) is 1. The zero-order chi connectivity index (χ0) is 11.5. The van der Waals surface area contributed by atoms with Crippen LogP contribution in [0.1, 0.15) is 31.7 Å². The van der Waals surface area contributed by atoms with Gasteiger partial charge in [-0.05, 0) is 54.0 Å². The van der Waals surface area contributed by atoms with Crippen molar-refractivity contribution in [2.24, 2.45) is 5.92 Å². The first kappa shape index (κ1) is 11.7. The van der Waals surface area contributed by atoms with Gasteiger partial charge in [-0.1, -0.05) is 30.7 Å². The molecule has 0 saturated carbocycles. The van der Waals surface area contributed by atoms with Crippen molar-refractivity contribution in [2.75, 3.05) is 6.61 Å². The molecule has 16 heavy (non-hydrogen) atoms. The zero-order valence-corrected chi connectivity index (χ0v) is 10.3. The van der Waals surface area contributed by atoms with E-state index in [4.69, 9.17) is 11.6 Å². The van der Waals surface area contributed by atoms with Gasteiger partial charge >= 0.3 is 0 Å². The average Bonchev–Trinajstić information content (AvgIpc) is 2.30. The minimum Gasteiger partial charge on any atom is -0.392 e. The maximum atomic E-state index is 9.38. The van der Waals surface area contributed by atoms with Gasteiger partial charge in [-0.2, -0.15) is 0 Å². The summed E-state index contributed by atoms with van der Waals surface area (Å²) in [6.07, 6.45) is 3.28. The summed E-state index contributed by atoms with van der Waals surface area (Å²) in [5, 5.41) is 10.1. The van der Waals surface area contributed by atoms with Gasteiger partial charge in [0.05, 0.1) is 6.61 Å². The van der Waals surface area contributed by atoms with Gasteiger partial charge in [-0.15, -0.1) is 0 Å². The molecule has 1 N–H and O–H groups in total. The molecule has 1 aliphatic rings. The third kappa shape index (κ3) is 2.47. The first-order valence-corrected chi connectivity index (χ1v) is 6.16. The lowest BCUT2D eigenvalue weighted by Crippen LogP contribution is -2.09. The van der Waals surface area contributed by atoms with Crippen LogP contribution in [0.15, 0.2) is 29.8 Å². The molecule has 0 aromatic heterocycles.